The van der Waals surface area contributed by atoms with Crippen LogP contribution in [0.25, 0.3) is 10.9 Å². The normalized spacial score (nSPS) is 13.1. The molecule has 8 heteroatoms. The minimum atomic E-state index is -0.371. The molecule has 0 aliphatic heterocycles. The summed E-state index contributed by atoms with van der Waals surface area (Å²) in [5.41, 5.74) is 1.74. The Hall–Kier alpha value is -1.57. The van der Waals surface area contributed by atoms with Crippen LogP contribution in [0.5, 0.6) is 0 Å². The lowest BCUT2D eigenvalue weighted by molar-refractivity contribution is 0.103. The minimum absolute atomic E-state index is 0.0448. The SMILES string of the molecule is CCC(CCN(C)C(C)C)c1cc2cc(C(=O)/C(C#N)=C/N(C)C)n(SI)c2cc1F. The van der Waals surface area contributed by atoms with Crippen molar-refractivity contribution in [2.45, 2.75) is 45.6 Å². The first-order valence-corrected chi connectivity index (χ1v) is 13.6. The highest BCUT2D eigenvalue weighted by Crippen LogP contribution is 2.35. The second-order valence-electron chi connectivity index (χ2n) is 8.24. The van der Waals surface area contributed by atoms with Crippen LogP contribution in [-0.4, -0.2) is 53.3 Å². The quantitative estimate of drug-likeness (QED) is 0.156. The first-order valence-electron chi connectivity index (χ1n) is 10.3. The van der Waals surface area contributed by atoms with E-state index >= 15 is 4.39 Å². The molecule has 0 aliphatic carbocycles. The smallest absolute Gasteiger partial charge is 0.222 e. The third kappa shape index (κ3) is 6.02. The Morgan fingerprint density at radius 2 is 2.00 bits per heavy atom. The molecular weight excluding hydrogens is 526 g/mol. The summed E-state index contributed by atoms with van der Waals surface area (Å²) in [5.74, 6) is -0.521. The van der Waals surface area contributed by atoms with Crippen molar-refractivity contribution in [2.24, 2.45) is 0 Å². The summed E-state index contributed by atoms with van der Waals surface area (Å²) in [6.07, 6.45) is 3.21. The van der Waals surface area contributed by atoms with Crippen molar-refractivity contribution in [3.05, 3.63) is 47.0 Å². The number of ketones is 1. The van der Waals surface area contributed by atoms with Gasteiger partial charge in [-0.2, -0.15) is 5.26 Å². The second-order valence-corrected chi connectivity index (χ2v) is 9.93. The lowest BCUT2D eigenvalue weighted by Gasteiger charge is -2.24. The third-order valence-corrected chi connectivity index (χ3v) is 7.29. The number of allylic oxidation sites excluding steroid dienone is 1. The zero-order valence-electron chi connectivity index (χ0n) is 18.9. The highest BCUT2D eigenvalue weighted by molar-refractivity contribution is 14.2. The number of rotatable bonds is 10. The Kier molecular flexibility index (Phi) is 9.40. The summed E-state index contributed by atoms with van der Waals surface area (Å²) < 4.78 is 16.9. The highest BCUT2D eigenvalue weighted by atomic mass is 127. The van der Waals surface area contributed by atoms with Crippen LogP contribution in [0.15, 0.2) is 30.0 Å². The molecule has 1 aromatic carbocycles. The Morgan fingerprint density at radius 3 is 2.52 bits per heavy atom. The van der Waals surface area contributed by atoms with E-state index in [1.54, 1.807) is 29.0 Å². The molecule has 2 aromatic rings. The van der Waals surface area contributed by atoms with E-state index in [1.165, 1.54) is 21.4 Å². The van der Waals surface area contributed by atoms with Gasteiger partial charge in [0.05, 0.1) is 5.52 Å². The number of hydrogen-bond acceptors (Lipinski definition) is 5. The van der Waals surface area contributed by atoms with Gasteiger partial charge in [-0.3, -0.25) is 8.77 Å². The van der Waals surface area contributed by atoms with Gasteiger partial charge >= 0.3 is 0 Å². The fraction of sp³-hybridized carbons (Fsp3) is 0.478. The average molecular weight is 556 g/mol. The number of hydrogen-bond donors (Lipinski definition) is 0. The van der Waals surface area contributed by atoms with Crippen molar-refractivity contribution in [1.82, 2.24) is 13.8 Å². The summed E-state index contributed by atoms with van der Waals surface area (Å²) in [5, 5.41) is 10.2. The predicted octanol–water partition coefficient (Wildman–Crippen LogP) is 6.00. The van der Waals surface area contributed by atoms with Crippen LogP contribution in [0.4, 0.5) is 4.39 Å². The topological polar surface area (TPSA) is 52.3 Å². The van der Waals surface area contributed by atoms with E-state index in [4.69, 9.17) is 0 Å². The van der Waals surface area contributed by atoms with Crippen LogP contribution >= 0.6 is 30.3 Å². The number of fused-ring (bicyclic) bond motifs is 1. The van der Waals surface area contributed by atoms with Gasteiger partial charge in [0.15, 0.2) is 0 Å². The zero-order chi connectivity index (χ0) is 23.3. The number of benzene rings is 1. The number of carbonyl (C=O) groups excluding carboxylic acids is 1. The average Bonchev–Trinajstić information content (AvgIpc) is 3.08. The lowest BCUT2D eigenvalue weighted by atomic mass is 9.91. The molecule has 0 N–H and O–H groups in total. The summed E-state index contributed by atoms with van der Waals surface area (Å²) in [6.45, 7) is 7.27. The molecule has 2 rings (SSSR count). The standard InChI is InChI=1S/C23H30FIN4OS/c1-7-16(8-9-28(6)15(2)3)19-10-17-11-22(23(30)18(13-26)14-27(4)5)29(31-25)21(17)12-20(19)24/h10-12,14-16H,7-9H2,1-6H3/b18-14+. The molecule has 0 spiro atoms. The largest absolute Gasteiger partial charge is 0.382 e. The molecule has 0 saturated carbocycles. The van der Waals surface area contributed by atoms with E-state index in [-0.39, 0.29) is 23.1 Å². The van der Waals surface area contributed by atoms with Gasteiger partial charge in [-0.15, -0.1) is 0 Å². The number of nitriles is 1. The van der Waals surface area contributed by atoms with E-state index in [1.807, 2.05) is 12.1 Å². The van der Waals surface area contributed by atoms with Crippen LogP contribution in [0.2, 0.25) is 0 Å². The van der Waals surface area contributed by atoms with Crippen molar-refractivity contribution in [3.8, 4) is 6.07 Å². The molecule has 5 nitrogen and oxygen atoms in total. The van der Waals surface area contributed by atoms with Crippen molar-refractivity contribution >= 4 is 47.0 Å². The molecule has 0 amide bonds. The van der Waals surface area contributed by atoms with Crippen LogP contribution in [0.1, 0.15) is 55.6 Å². The monoisotopic (exact) mass is 556 g/mol. The van der Waals surface area contributed by atoms with E-state index < -0.39 is 0 Å². The van der Waals surface area contributed by atoms with Crippen LogP contribution in [0.3, 0.4) is 0 Å². The highest BCUT2D eigenvalue weighted by Gasteiger charge is 2.23. The molecule has 0 saturated heterocycles. The van der Waals surface area contributed by atoms with E-state index in [0.717, 1.165) is 24.8 Å². The number of Topliss-reactive ketones (excluding diaryl/α,β-unsaturated/α-hetero) is 1. The maximum atomic E-state index is 15.2. The molecule has 0 radical (unpaired) electrons. The molecule has 0 bridgehead atoms. The van der Waals surface area contributed by atoms with Gasteiger partial charge in [0, 0.05) is 62.0 Å². The predicted molar refractivity (Wildman–Crippen MR) is 136 cm³/mol. The summed E-state index contributed by atoms with van der Waals surface area (Å²) in [7, 11) is 6.90. The first kappa shape index (κ1) is 25.7. The third-order valence-electron chi connectivity index (χ3n) is 5.57. The van der Waals surface area contributed by atoms with Crippen molar-refractivity contribution < 1.29 is 9.18 Å². The molecular formula is C23H30FIN4OS. The van der Waals surface area contributed by atoms with Gasteiger partial charge in [-0.25, -0.2) is 4.39 Å². The molecule has 1 aromatic heterocycles. The molecule has 0 fully saturated rings. The van der Waals surface area contributed by atoms with Gasteiger partial charge in [0.1, 0.15) is 23.2 Å². The maximum absolute atomic E-state index is 15.2. The van der Waals surface area contributed by atoms with Gasteiger partial charge in [-0.05, 0) is 70.0 Å². The Bertz CT molecular complexity index is 1010. The Balaban J connectivity index is 2.50. The first-order chi connectivity index (χ1) is 14.6. The van der Waals surface area contributed by atoms with E-state index in [9.17, 15) is 10.1 Å². The Labute approximate surface area is 201 Å². The van der Waals surface area contributed by atoms with Crippen LogP contribution in [-0.2, 0) is 0 Å². The van der Waals surface area contributed by atoms with Crippen LogP contribution in [0, 0.1) is 17.1 Å². The van der Waals surface area contributed by atoms with Gasteiger partial charge < -0.3 is 9.80 Å². The zero-order valence-corrected chi connectivity index (χ0v) is 21.9. The minimum Gasteiger partial charge on any atom is -0.382 e. The summed E-state index contributed by atoms with van der Waals surface area (Å²) in [4.78, 5) is 16.9. The van der Waals surface area contributed by atoms with Crippen molar-refractivity contribution in [2.75, 3.05) is 27.7 Å². The van der Waals surface area contributed by atoms with Gasteiger partial charge in [-0.1, -0.05) is 6.92 Å². The van der Waals surface area contributed by atoms with Crippen molar-refractivity contribution in [3.63, 3.8) is 0 Å². The number of carbonyl (C=O) groups is 1. The fourth-order valence-electron chi connectivity index (χ4n) is 3.50. The Morgan fingerprint density at radius 1 is 1.32 bits per heavy atom. The molecule has 1 heterocycles. The number of halogens is 2. The fourth-order valence-corrected chi connectivity index (χ4v) is 5.22. The van der Waals surface area contributed by atoms with Crippen LogP contribution < -0.4 is 0 Å². The van der Waals surface area contributed by atoms with E-state index in [2.05, 4.69) is 53.9 Å². The summed E-state index contributed by atoms with van der Waals surface area (Å²) in [6, 6.07) is 7.57. The van der Waals surface area contributed by atoms with Gasteiger partial charge in [0.25, 0.3) is 0 Å². The molecule has 1 unspecified atom stereocenters. The van der Waals surface area contributed by atoms with Gasteiger partial charge in [0.2, 0.25) is 5.78 Å². The lowest BCUT2D eigenvalue weighted by Crippen LogP contribution is -2.28. The number of nitrogens with zero attached hydrogens (tertiary/aromatic N) is 4. The molecule has 0 aliphatic rings. The second kappa shape index (κ2) is 11.3. The molecule has 31 heavy (non-hydrogen) atoms. The maximum Gasteiger partial charge on any atom is 0.222 e. The summed E-state index contributed by atoms with van der Waals surface area (Å²) >= 11 is 2.07. The molecule has 168 valence electrons. The van der Waals surface area contributed by atoms with E-state index in [0.29, 0.717) is 22.8 Å². The van der Waals surface area contributed by atoms with Crippen molar-refractivity contribution in [1.29, 1.82) is 5.26 Å². The molecule has 1 atom stereocenters. The number of aromatic nitrogens is 1.